The molecule has 6 nitrogen and oxygen atoms in total. The zero-order valence-electron chi connectivity index (χ0n) is 17.3. The molecule has 0 spiro atoms. The molecule has 3 atom stereocenters. The molecule has 6 heteroatoms. The van der Waals surface area contributed by atoms with Crippen LogP contribution in [0.25, 0.3) is 0 Å². The van der Waals surface area contributed by atoms with Crippen LogP contribution in [-0.2, 0) is 14.3 Å². The van der Waals surface area contributed by atoms with Gasteiger partial charge in [0, 0.05) is 0 Å². The minimum absolute atomic E-state index is 0.139. The molecule has 0 aromatic heterocycles. The minimum Gasteiger partial charge on any atom is -0.481 e. The van der Waals surface area contributed by atoms with Crippen LogP contribution in [0.2, 0.25) is 0 Å². The van der Waals surface area contributed by atoms with E-state index in [0.717, 1.165) is 5.56 Å². The summed E-state index contributed by atoms with van der Waals surface area (Å²) in [6.07, 6.45) is -2.11. The largest absolute Gasteiger partial charge is 0.481 e. The summed E-state index contributed by atoms with van der Waals surface area (Å²) in [6.45, 7) is 7.49. The van der Waals surface area contributed by atoms with Gasteiger partial charge in [-0.15, -0.1) is 0 Å². The number of aliphatic hydroxyl groups is 1. The third-order valence-electron chi connectivity index (χ3n) is 4.51. The second kappa shape index (κ2) is 10.6. The van der Waals surface area contributed by atoms with Crippen LogP contribution in [0.15, 0.2) is 54.6 Å². The van der Waals surface area contributed by atoms with Gasteiger partial charge in [-0.3, -0.25) is 4.79 Å². The first kappa shape index (κ1) is 22.4. The maximum absolute atomic E-state index is 12.7. The van der Waals surface area contributed by atoms with E-state index in [9.17, 15) is 14.7 Å². The minimum atomic E-state index is -1.24. The molecule has 0 heterocycles. The number of benzene rings is 2. The number of esters is 1. The zero-order valence-corrected chi connectivity index (χ0v) is 17.3. The number of hydrogen-bond donors (Lipinski definition) is 2. The van der Waals surface area contributed by atoms with Crippen LogP contribution >= 0.6 is 0 Å². The fraction of sp³-hybridized carbons (Fsp3) is 0.391. The van der Waals surface area contributed by atoms with Crippen molar-refractivity contribution in [1.82, 2.24) is 5.32 Å². The van der Waals surface area contributed by atoms with Crippen molar-refractivity contribution in [2.75, 3.05) is 6.61 Å². The van der Waals surface area contributed by atoms with Gasteiger partial charge in [-0.25, -0.2) is 4.79 Å². The molecule has 0 radical (unpaired) electrons. The van der Waals surface area contributed by atoms with E-state index in [-0.39, 0.29) is 12.5 Å². The lowest BCUT2D eigenvalue weighted by Crippen LogP contribution is -2.50. The molecule has 29 heavy (non-hydrogen) atoms. The van der Waals surface area contributed by atoms with Gasteiger partial charge in [0.05, 0.1) is 6.61 Å². The summed E-state index contributed by atoms with van der Waals surface area (Å²) in [4.78, 5) is 25.1. The maximum atomic E-state index is 12.7. The Kier molecular flexibility index (Phi) is 8.21. The first-order chi connectivity index (χ1) is 13.8. The first-order valence-corrected chi connectivity index (χ1v) is 9.80. The van der Waals surface area contributed by atoms with Crippen molar-refractivity contribution in [3.63, 3.8) is 0 Å². The van der Waals surface area contributed by atoms with E-state index in [1.54, 1.807) is 50.2 Å². The Hall–Kier alpha value is -2.86. The van der Waals surface area contributed by atoms with Gasteiger partial charge >= 0.3 is 5.97 Å². The zero-order chi connectivity index (χ0) is 21.4. The molecule has 0 bridgehead atoms. The second-order valence-electron chi connectivity index (χ2n) is 7.05. The van der Waals surface area contributed by atoms with E-state index >= 15 is 0 Å². The van der Waals surface area contributed by atoms with E-state index in [1.807, 2.05) is 32.0 Å². The van der Waals surface area contributed by atoms with Gasteiger partial charge in [0.2, 0.25) is 0 Å². The average Bonchev–Trinajstić information content (AvgIpc) is 2.72. The van der Waals surface area contributed by atoms with Crippen LogP contribution in [0.1, 0.15) is 50.8 Å². The van der Waals surface area contributed by atoms with Crippen LogP contribution in [0.3, 0.4) is 0 Å². The van der Waals surface area contributed by atoms with Crippen LogP contribution in [0.5, 0.6) is 5.75 Å². The molecular formula is C23H29NO5. The summed E-state index contributed by atoms with van der Waals surface area (Å²) in [6, 6.07) is 14.9. The smallest absolute Gasteiger partial charge is 0.331 e. The number of hydrogen-bond acceptors (Lipinski definition) is 5. The molecule has 2 N–H and O–H groups in total. The molecule has 0 saturated heterocycles. The van der Waals surface area contributed by atoms with Crippen molar-refractivity contribution < 1.29 is 24.2 Å². The molecule has 1 amide bonds. The Morgan fingerprint density at radius 2 is 1.62 bits per heavy atom. The van der Waals surface area contributed by atoms with Gasteiger partial charge < -0.3 is 19.9 Å². The monoisotopic (exact) mass is 399 g/mol. The molecule has 156 valence electrons. The summed E-state index contributed by atoms with van der Waals surface area (Å²) in [5.41, 5.74) is 1.49. The third-order valence-corrected chi connectivity index (χ3v) is 4.51. The SMILES string of the molecule is CCOC(=O)C(NC(=O)C(C)Oc1ccccc1C(C)C)C(O)c1ccccc1. The molecule has 0 aliphatic carbocycles. The topological polar surface area (TPSA) is 84.9 Å². The van der Waals surface area contributed by atoms with Crippen molar-refractivity contribution in [1.29, 1.82) is 0 Å². The predicted molar refractivity (Wildman–Crippen MR) is 111 cm³/mol. The highest BCUT2D eigenvalue weighted by Crippen LogP contribution is 2.27. The van der Waals surface area contributed by atoms with Gasteiger partial charge in [0.15, 0.2) is 12.1 Å². The molecule has 0 aliphatic heterocycles. The normalized spacial score (nSPS) is 14.0. The van der Waals surface area contributed by atoms with Gasteiger partial charge in [-0.2, -0.15) is 0 Å². The molecule has 2 aromatic rings. The van der Waals surface area contributed by atoms with Crippen LogP contribution in [0.4, 0.5) is 0 Å². The van der Waals surface area contributed by atoms with Crippen LogP contribution in [0, 0.1) is 0 Å². The Bertz CT molecular complexity index is 806. The highest BCUT2D eigenvalue weighted by atomic mass is 16.5. The number of para-hydroxylation sites is 1. The van der Waals surface area contributed by atoms with E-state index in [0.29, 0.717) is 11.3 Å². The van der Waals surface area contributed by atoms with Crippen molar-refractivity contribution >= 4 is 11.9 Å². The Morgan fingerprint density at radius 1 is 1.00 bits per heavy atom. The fourth-order valence-electron chi connectivity index (χ4n) is 2.92. The van der Waals surface area contributed by atoms with E-state index in [4.69, 9.17) is 9.47 Å². The standard InChI is InChI=1S/C23H29NO5/c1-5-28-23(27)20(21(25)17-11-7-6-8-12-17)24-22(26)16(4)29-19-14-10-9-13-18(19)15(2)3/h6-16,20-21,25H,5H2,1-4H3,(H,24,26). The molecular weight excluding hydrogens is 370 g/mol. The van der Waals surface area contributed by atoms with Gasteiger partial charge in [-0.05, 0) is 37.0 Å². The first-order valence-electron chi connectivity index (χ1n) is 9.80. The Morgan fingerprint density at radius 3 is 2.24 bits per heavy atom. The van der Waals surface area contributed by atoms with Crippen molar-refractivity contribution in [2.24, 2.45) is 0 Å². The number of ether oxygens (including phenoxy) is 2. The van der Waals surface area contributed by atoms with Crippen LogP contribution in [-0.4, -0.2) is 35.7 Å². The summed E-state index contributed by atoms with van der Waals surface area (Å²) >= 11 is 0. The van der Waals surface area contributed by atoms with E-state index < -0.39 is 30.1 Å². The van der Waals surface area contributed by atoms with Gasteiger partial charge in [0.1, 0.15) is 11.9 Å². The van der Waals surface area contributed by atoms with E-state index in [2.05, 4.69) is 5.32 Å². The molecule has 2 rings (SSSR count). The number of rotatable bonds is 9. The average molecular weight is 399 g/mol. The third kappa shape index (κ3) is 6.06. The molecule has 3 unspecified atom stereocenters. The number of aliphatic hydroxyl groups excluding tert-OH is 1. The number of carbonyl (C=O) groups is 2. The second-order valence-corrected chi connectivity index (χ2v) is 7.05. The number of nitrogens with one attached hydrogen (secondary N) is 1. The Labute approximate surface area is 171 Å². The van der Waals surface area contributed by atoms with Crippen molar-refractivity contribution in [3.05, 3.63) is 65.7 Å². The van der Waals surface area contributed by atoms with Crippen molar-refractivity contribution in [3.8, 4) is 5.75 Å². The molecule has 0 saturated carbocycles. The van der Waals surface area contributed by atoms with Crippen LogP contribution < -0.4 is 10.1 Å². The van der Waals surface area contributed by atoms with Gasteiger partial charge in [0.25, 0.3) is 5.91 Å². The summed E-state index contributed by atoms with van der Waals surface area (Å²) in [5.74, 6) is -0.376. The highest BCUT2D eigenvalue weighted by Gasteiger charge is 2.32. The fourth-order valence-corrected chi connectivity index (χ4v) is 2.92. The number of carbonyl (C=O) groups excluding carboxylic acids is 2. The highest BCUT2D eigenvalue weighted by molar-refractivity contribution is 5.87. The molecule has 0 fully saturated rings. The molecule has 2 aromatic carbocycles. The Balaban J connectivity index is 2.15. The molecule has 0 aliphatic rings. The summed E-state index contributed by atoms with van der Waals surface area (Å²) in [7, 11) is 0. The quantitative estimate of drug-likeness (QED) is 0.632. The van der Waals surface area contributed by atoms with Crippen molar-refractivity contribution in [2.45, 2.75) is 51.9 Å². The lowest BCUT2D eigenvalue weighted by Gasteiger charge is -2.25. The predicted octanol–water partition coefficient (Wildman–Crippen LogP) is 3.36. The summed E-state index contributed by atoms with van der Waals surface area (Å²) in [5, 5.41) is 13.2. The number of amides is 1. The summed E-state index contributed by atoms with van der Waals surface area (Å²) < 4.78 is 10.9. The lowest BCUT2D eigenvalue weighted by molar-refractivity contribution is -0.151. The van der Waals surface area contributed by atoms with E-state index in [1.165, 1.54) is 0 Å². The maximum Gasteiger partial charge on any atom is 0.331 e. The van der Waals surface area contributed by atoms with Gasteiger partial charge in [-0.1, -0.05) is 62.4 Å². The lowest BCUT2D eigenvalue weighted by atomic mass is 10.0.